The van der Waals surface area contributed by atoms with Crippen molar-refractivity contribution in [1.82, 2.24) is 15.0 Å². The summed E-state index contributed by atoms with van der Waals surface area (Å²) in [4.78, 5) is 24.1. The maximum Gasteiger partial charge on any atom is 0.221 e. The Morgan fingerprint density at radius 1 is 1.13 bits per heavy atom. The average Bonchev–Trinajstić information content (AvgIpc) is 3.20. The van der Waals surface area contributed by atoms with Crippen molar-refractivity contribution in [2.24, 2.45) is 11.1 Å². The number of hydrogen-bond donors (Lipinski definition) is 3. The summed E-state index contributed by atoms with van der Waals surface area (Å²) in [5.41, 5.74) is 14.6. The molecule has 0 bridgehead atoms. The fraction of sp³-hybridized carbons (Fsp3) is 0.208. The van der Waals surface area contributed by atoms with Gasteiger partial charge in [-0.2, -0.15) is 4.98 Å². The Morgan fingerprint density at radius 2 is 1.84 bits per heavy atom. The number of ketones is 1. The lowest BCUT2D eigenvalue weighted by Gasteiger charge is -2.23. The second kappa shape index (κ2) is 8.20. The van der Waals surface area contributed by atoms with Crippen molar-refractivity contribution in [2.75, 3.05) is 12.3 Å². The number of benzene rings is 2. The van der Waals surface area contributed by atoms with Crippen molar-refractivity contribution in [3.05, 3.63) is 83.7 Å². The van der Waals surface area contributed by atoms with Crippen LogP contribution in [0.4, 0.5) is 5.95 Å². The number of ether oxygens (including phenoxy) is 1. The Bertz CT molecular complexity index is 1200. The number of anilines is 1. The standard InChI is InChI=1S/C24H25N5O2/c1-24(2,21(30)16-6-4-3-5-7-16)14-31-17-10-8-15(9-11-17)20(25)18-12-27-22-19(18)13-28-23(26)29-22/h3-13,20H,14,25H2,1-2H3,(H3,26,27,28,29). The van der Waals surface area contributed by atoms with Crippen molar-refractivity contribution in [2.45, 2.75) is 19.9 Å². The Morgan fingerprint density at radius 3 is 2.55 bits per heavy atom. The van der Waals surface area contributed by atoms with Gasteiger partial charge in [0.25, 0.3) is 0 Å². The lowest BCUT2D eigenvalue weighted by molar-refractivity contribution is 0.0751. The van der Waals surface area contributed by atoms with Crippen LogP contribution in [0.5, 0.6) is 5.75 Å². The van der Waals surface area contributed by atoms with Gasteiger partial charge in [0, 0.05) is 28.9 Å². The molecule has 0 fully saturated rings. The van der Waals surface area contributed by atoms with Crippen LogP contribution in [0.3, 0.4) is 0 Å². The molecule has 0 aliphatic rings. The minimum absolute atomic E-state index is 0.0499. The fourth-order valence-corrected chi connectivity index (χ4v) is 3.46. The van der Waals surface area contributed by atoms with Crippen LogP contribution in [0, 0.1) is 5.41 Å². The molecule has 2 aromatic carbocycles. The number of nitrogens with one attached hydrogen (secondary N) is 1. The van der Waals surface area contributed by atoms with Crippen LogP contribution < -0.4 is 16.2 Å². The summed E-state index contributed by atoms with van der Waals surface area (Å²) < 4.78 is 5.92. The van der Waals surface area contributed by atoms with Crippen LogP contribution in [0.2, 0.25) is 0 Å². The molecule has 0 aliphatic carbocycles. The van der Waals surface area contributed by atoms with Crippen molar-refractivity contribution >= 4 is 22.8 Å². The third-order valence-electron chi connectivity index (χ3n) is 5.31. The number of nitrogens with two attached hydrogens (primary N) is 2. The van der Waals surface area contributed by atoms with Gasteiger partial charge in [-0.1, -0.05) is 42.5 Å². The molecule has 0 spiro atoms. The van der Waals surface area contributed by atoms with Gasteiger partial charge >= 0.3 is 0 Å². The highest BCUT2D eigenvalue weighted by atomic mass is 16.5. The molecule has 158 valence electrons. The quantitative estimate of drug-likeness (QED) is 0.394. The summed E-state index contributed by atoms with van der Waals surface area (Å²) >= 11 is 0. The number of carbonyl (C=O) groups is 1. The highest BCUT2D eigenvalue weighted by molar-refractivity contribution is 6.00. The van der Waals surface area contributed by atoms with E-state index in [4.69, 9.17) is 16.2 Å². The Balaban J connectivity index is 1.45. The van der Waals surface area contributed by atoms with Crippen molar-refractivity contribution in [3.8, 4) is 5.75 Å². The molecule has 2 aromatic heterocycles. The number of aromatic amines is 1. The zero-order valence-electron chi connectivity index (χ0n) is 17.5. The van der Waals surface area contributed by atoms with Gasteiger partial charge < -0.3 is 21.2 Å². The van der Waals surface area contributed by atoms with Crippen LogP contribution >= 0.6 is 0 Å². The number of nitrogens with zero attached hydrogens (tertiary/aromatic N) is 2. The highest BCUT2D eigenvalue weighted by Crippen LogP contribution is 2.28. The lowest BCUT2D eigenvalue weighted by atomic mass is 9.85. The summed E-state index contributed by atoms with van der Waals surface area (Å²) in [5.74, 6) is 0.943. The van der Waals surface area contributed by atoms with E-state index in [0.29, 0.717) is 17.0 Å². The minimum atomic E-state index is -0.650. The van der Waals surface area contributed by atoms with Crippen molar-refractivity contribution in [1.29, 1.82) is 0 Å². The van der Waals surface area contributed by atoms with Gasteiger partial charge in [-0.3, -0.25) is 4.79 Å². The first-order valence-corrected chi connectivity index (χ1v) is 10.0. The Hall–Kier alpha value is -3.71. The Labute approximate surface area is 180 Å². The van der Waals surface area contributed by atoms with E-state index in [0.717, 1.165) is 16.5 Å². The SMILES string of the molecule is CC(C)(COc1ccc(C(N)c2c[nH]c3nc(N)ncc23)cc1)C(=O)c1ccccc1. The second-order valence-electron chi connectivity index (χ2n) is 8.15. The van der Waals surface area contributed by atoms with Gasteiger partial charge in [-0.05, 0) is 31.5 Å². The number of carbonyl (C=O) groups excluding carboxylic acids is 1. The number of rotatable bonds is 7. The van der Waals surface area contributed by atoms with Crippen LogP contribution in [-0.2, 0) is 0 Å². The van der Waals surface area contributed by atoms with E-state index in [-0.39, 0.29) is 24.4 Å². The third-order valence-corrected chi connectivity index (χ3v) is 5.31. The van der Waals surface area contributed by atoms with E-state index in [1.165, 1.54) is 0 Å². The zero-order valence-corrected chi connectivity index (χ0v) is 17.5. The molecule has 5 N–H and O–H groups in total. The molecule has 7 nitrogen and oxygen atoms in total. The molecular weight excluding hydrogens is 390 g/mol. The van der Waals surface area contributed by atoms with Gasteiger partial charge in [0.05, 0.1) is 11.5 Å². The van der Waals surface area contributed by atoms with E-state index in [1.807, 2.05) is 74.6 Å². The van der Waals surface area contributed by atoms with Gasteiger partial charge in [0.1, 0.15) is 18.0 Å². The molecule has 0 saturated heterocycles. The molecule has 1 unspecified atom stereocenters. The van der Waals surface area contributed by atoms with Crippen LogP contribution in [-0.4, -0.2) is 27.3 Å². The van der Waals surface area contributed by atoms with Crippen molar-refractivity contribution in [3.63, 3.8) is 0 Å². The monoisotopic (exact) mass is 415 g/mol. The topological polar surface area (TPSA) is 120 Å². The first kappa shape index (κ1) is 20.6. The number of aromatic nitrogens is 3. The van der Waals surface area contributed by atoms with Gasteiger partial charge in [-0.25, -0.2) is 4.98 Å². The molecular formula is C24H25N5O2. The molecule has 0 radical (unpaired) electrons. The summed E-state index contributed by atoms with van der Waals surface area (Å²) in [5, 5.41) is 0.836. The third kappa shape index (κ3) is 4.27. The van der Waals surface area contributed by atoms with E-state index in [9.17, 15) is 4.79 Å². The second-order valence-corrected chi connectivity index (χ2v) is 8.15. The first-order valence-electron chi connectivity index (χ1n) is 10.0. The summed E-state index contributed by atoms with van der Waals surface area (Å²) in [6.45, 7) is 4.05. The van der Waals surface area contributed by atoms with Crippen LogP contribution in [0.15, 0.2) is 67.0 Å². The van der Waals surface area contributed by atoms with E-state index in [2.05, 4.69) is 15.0 Å². The molecule has 4 rings (SSSR count). The van der Waals surface area contributed by atoms with Crippen LogP contribution in [0.25, 0.3) is 11.0 Å². The number of nitrogen functional groups attached to an aromatic ring is 1. The first-order chi connectivity index (χ1) is 14.8. The highest BCUT2D eigenvalue weighted by Gasteiger charge is 2.29. The summed E-state index contributed by atoms with van der Waals surface area (Å²) in [6, 6.07) is 16.5. The zero-order chi connectivity index (χ0) is 22.0. The molecule has 31 heavy (non-hydrogen) atoms. The van der Waals surface area contributed by atoms with Gasteiger partial charge in [0.2, 0.25) is 5.95 Å². The normalized spacial score (nSPS) is 12.6. The summed E-state index contributed by atoms with van der Waals surface area (Å²) in [7, 11) is 0. The lowest BCUT2D eigenvalue weighted by Crippen LogP contribution is -2.31. The van der Waals surface area contributed by atoms with E-state index < -0.39 is 5.41 Å². The summed E-state index contributed by atoms with van der Waals surface area (Å²) in [6.07, 6.45) is 3.50. The number of Topliss-reactive ketones (excluding diaryl/α,β-unsaturated/α-hetero) is 1. The van der Waals surface area contributed by atoms with E-state index >= 15 is 0 Å². The molecule has 7 heteroatoms. The predicted octanol–water partition coefficient (Wildman–Crippen LogP) is 3.88. The fourth-order valence-electron chi connectivity index (χ4n) is 3.46. The van der Waals surface area contributed by atoms with Gasteiger partial charge in [0.15, 0.2) is 5.78 Å². The number of H-pyrrole nitrogens is 1. The van der Waals surface area contributed by atoms with Gasteiger partial charge in [-0.15, -0.1) is 0 Å². The Kier molecular flexibility index (Phi) is 5.44. The maximum absolute atomic E-state index is 12.8. The predicted molar refractivity (Wildman–Crippen MR) is 121 cm³/mol. The molecule has 1 atom stereocenters. The number of fused-ring (bicyclic) bond motifs is 1. The molecule has 0 amide bonds. The molecule has 0 saturated carbocycles. The largest absolute Gasteiger partial charge is 0.493 e. The molecule has 2 heterocycles. The van der Waals surface area contributed by atoms with E-state index in [1.54, 1.807) is 6.20 Å². The minimum Gasteiger partial charge on any atom is -0.493 e. The average molecular weight is 415 g/mol. The molecule has 0 aliphatic heterocycles. The van der Waals surface area contributed by atoms with Crippen molar-refractivity contribution < 1.29 is 9.53 Å². The number of hydrogen-bond acceptors (Lipinski definition) is 6. The smallest absolute Gasteiger partial charge is 0.221 e. The maximum atomic E-state index is 12.8. The molecule has 4 aromatic rings. The van der Waals surface area contributed by atoms with Crippen LogP contribution in [0.1, 0.15) is 41.4 Å².